The SMILES string of the molecule is O=C(O)C(Cc1ccccc1)NS(=O)(=O)c1ccc(-c2ncc(-c3ccc4ccccc4c3)o2)cc1. The lowest BCUT2D eigenvalue weighted by atomic mass is 10.1. The molecule has 1 unspecified atom stereocenters. The van der Waals surface area contributed by atoms with Gasteiger partial charge in [0.25, 0.3) is 0 Å². The van der Waals surface area contributed by atoms with E-state index in [0.717, 1.165) is 16.3 Å². The normalized spacial score (nSPS) is 12.4. The van der Waals surface area contributed by atoms with Gasteiger partial charge in [0.05, 0.1) is 11.1 Å². The number of sulfonamides is 1. The van der Waals surface area contributed by atoms with Gasteiger partial charge in [-0.05, 0) is 53.1 Å². The van der Waals surface area contributed by atoms with Gasteiger partial charge in [0.15, 0.2) is 5.76 Å². The molecule has 0 saturated heterocycles. The van der Waals surface area contributed by atoms with E-state index >= 15 is 0 Å². The molecule has 2 N–H and O–H groups in total. The molecule has 180 valence electrons. The largest absolute Gasteiger partial charge is 0.480 e. The fourth-order valence-corrected chi connectivity index (χ4v) is 5.13. The second-order valence-corrected chi connectivity index (χ2v) is 10.0. The Balaban J connectivity index is 1.34. The number of carbonyl (C=O) groups is 1. The third-order valence-electron chi connectivity index (χ3n) is 5.83. The number of hydrogen-bond donors (Lipinski definition) is 2. The van der Waals surface area contributed by atoms with Gasteiger partial charge in [-0.15, -0.1) is 0 Å². The highest BCUT2D eigenvalue weighted by Crippen LogP contribution is 2.29. The number of aliphatic carboxylic acids is 1. The molecule has 0 aliphatic rings. The van der Waals surface area contributed by atoms with Gasteiger partial charge in [-0.1, -0.05) is 66.7 Å². The Labute approximate surface area is 208 Å². The van der Waals surface area contributed by atoms with Crippen LogP contribution >= 0.6 is 0 Å². The second-order valence-electron chi connectivity index (χ2n) is 8.32. The van der Waals surface area contributed by atoms with Crippen LogP contribution in [0.5, 0.6) is 0 Å². The van der Waals surface area contributed by atoms with Crippen LogP contribution in [-0.2, 0) is 21.2 Å². The summed E-state index contributed by atoms with van der Waals surface area (Å²) in [5, 5.41) is 11.8. The van der Waals surface area contributed by atoms with Gasteiger partial charge in [-0.2, -0.15) is 4.72 Å². The zero-order valence-electron chi connectivity index (χ0n) is 19.0. The molecule has 5 rings (SSSR count). The number of hydrogen-bond acceptors (Lipinski definition) is 5. The maximum atomic E-state index is 12.9. The topological polar surface area (TPSA) is 110 Å². The lowest BCUT2D eigenvalue weighted by Gasteiger charge is -2.15. The van der Waals surface area contributed by atoms with Crippen LogP contribution < -0.4 is 4.72 Å². The number of nitrogens with zero attached hydrogens (tertiary/aromatic N) is 1. The van der Waals surface area contributed by atoms with Crippen LogP contribution in [0.15, 0.2) is 113 Å². The first-order chi connectivity index (χ1) is 17.4. The van der Waals surface area contributed by atoms with E-state index in [9.17, 15) is 18.3 Å². The van der Waals surface area contributed by atoms with Gasteiger partial charge in [-0.25, -0.2) is 13.4 Å². The molecule has 5 aromatic rings. The number of nitrogens with one attached hydrogen (secondary N) is 1. The molecule has 0 aliphatic heterocycles. The monoisotopic (exact) mass is 498 g/mol. The van der Waals surface area contributed by atoms with E-state index in [1.807, 2.05) is 48.5 Å². The summed E-state index contributed by atoms with van der Waals surface area (Å²) in [7, 11) is -4.06. The fourth-order valence-electron chi connectivity index (χ4n) is 3.94. The van der Waals surface area contributed by atoms with Crippen LogP contribution in [-0.4, -0.2) is 30.5 Å². The average Bonchev–Trinajstić information content (AvgIpc) is 3.39. The van der Waals surface area contributed by atoms with Crippen LogP contribution in [0, 0.1) is 0 Å². The summed E-state index contributed by atoms with van der Waals surface area (Å²) in [4.78, 5) is 16.0. The highest BCUT2D eigenvalue weighted by Gasteiger charge is 2.26. The molecule has 1 aromatic heterocycles. The summed E-state index contributed by atoms with van der Waals surface area (Å²) in [5.41, 5.74) is 2.20. The molecule has 0 saturated carbocycles. The Bertz CT molecular complexity index is 1630. The van der Waals surface area contributed by atoms with Gasteiger partial charge in [0, 0.05) is 11.1 Å². The highest BCUT2D eigenvalue weighted by molar-refractivity contribution is 7.89. The van der Waals surface area contributed by atoms with Crippen molar-refractivity contribution in [1.29, 1.82) is 0 Å². The summed E-state index contributed by atoms with van der Waals surface area (Å²) in [5.74, 6) is -0.304. The number of benzene rings is 4. The predicted octanol–water partition coefficient (Wildman–Crippen LogP) is 5.14. The maximum Gasteiger partial charge on any atom is 0.322 e. The van der Waals surface area contributed by atoms with Gasteiger partial charge in [-0.3, -0.25) is 4.79 Å². The first-order valence-corrected chi connectivity index (χ1v) is 12.7. The standard InChI is InChI=1S/C28H22N2O5S/c31-28(32)25(16-19-6-2-1-3-7-19)30-36(33,34)24-14-12-21(13-15-24)27-29-18-26(35-27)23-11-10-20-8-4-5-9-22(20)17-23/h1-15,17-18,25,30H,16H2,(H,31,32). The van der Waals surface area contributed by atoms with E-state index in [0.29, 0.717) is 22.8 Å². The zero-order chi connectivity index (χ0) is 25.1. The summed E-state index contributed by atoms with van der Waals surface area (Å²) in [6.07, 6.45) is 1.66. The molecule has 1 heterocycles. The molecule has 0 spiro atoms. The lowest BCUT2D eigenvalue weighted by Crippen LogP contribution is -2.42. The van der Waals surface area contributed by atoms with Crippen LogP contribution in [0.4, 0.5) is 0 Å². The lowest BCUT2D eigenvalue weighted by molar-refractivity contribution is -0.138. The Morgan fingerprint density at radius 3 is 2.25 bits per heavy atom. The van der Waals surface area contributed by atoms with Gasteiger partial charge >= 0.3 is 5.97 Å². The molecule has 1 atom stereocenters. The summed E-state index contributed by atoms with van der Waals surface area (Å²) < 4.78 is 34.0. The Hall–Kier alpha value is -4.27. The van der Waals surface area contributed by atoms with Crippen LogP contribution in [0.3, 0.4) is 0 Å². The first-order valence-electron chi connectivity index (χ1n) is 11.2. The number of carboxylic acid groups (broad SMARTS) is 1. The van der Waals surface area contributed by atoms with Crippen molar-refractivity contribution in [2.75, 3.05) is 0 Å². The number of fused-ring (bicyclic) bond motifs is 1. The predicted molar refractivity (Wildman–Crippen MR) is 137 cm³/mol. The Morgan fingerprint density at radius 2 is 1.53 bits per heavy atom. The van der Waals surface area contributed by atoms with E-state index < -0.39 is 22.0 Å². The smallest absolute Gasteiger partial charge is 0.322 e. The molecular weight excluding hydrogens is 476 g/mol. The number of oxazole rings is 1. The van der Waals surface area contributed by atoms with Crippen LogP contribution in [0.2, 0.25) is 0 Å². The molecule has 8 heteroatoms. The molecule has 0 fully saturated rings. The molecule has 36 heavy (non-hydrogen) atoms. The van der Waals surface area contributed by atoms with E-state index in [4.69, 9.17) is 4.42 Å². The maximum absolute atomic E-state index is 12.9. The Kier molecular flexibility index (Phi) is 6.37. The number of rotatable bonds is 8. The summed E-state index contributed by atoms with van der Waals surface area (Å²) in [6.45, 7) is 0. The molecule has 0 aliphatic carbocycles. The molecule has 7 nitrogen and oxygen atoms in total. The van der Waals surface area contributed by atoms with Crippen molar-refractivity contribution in [3.63, 3.8) is 0 Å². The summed E-state index contributed by atoms with van der Waals surface area (Å²) in [6, 6.07) is 27.5. The van der Waals surface area contributed by atoms with Crippen LogP contribution in [0.25, 0.3) is 33.6 Å². The van der Waals surface area contributed by atoms with Crippen molar-refractivity contribution in [2.45, 2.75) is 17.4 Å². The third-order valence-corrected chi connectivity index (χ3v) is 7.32. The first kappa shape index (κ1) is 23.5. The van der Waals surface area contributed by atoms with Crippen molar-refractivity contribution in [2.24, 2.45) is 0 Å². The zero-order valence-corrected chi connectivity index (χ0v) is 19.9. The van der Waals surface area contributed by atoms with Crippen LogP contribution in [0.1, 0.15) is 5.56 Å². The van der Waals surface area contributed by atoms with E-state index in [1.165, 1.54) is 12.1 Å². The second kappa shape index (κ2) is 9.77. The van der Waals surface area contributed by atoms with Crippen molar-refractivity contribution in [3.8, 4) is 22.8 Å². The van der Waals surface area contributed by atoms with Gasteiger partial charge < -0.3 is 9.52 Å². The number of aromatic nitrogens is 1. The van der Waals surface area contributed by atoms with Crippen molar-refractivity contribution >= 4 is 26.8 Å². The van der Waals surface area contributed by atoms with Crippen molar-refractivity contribution in [1.82, 2.24) is 9.71 Å². The minimum atomic E-state index is -4.06. The van der Waals surface area contributed by atoms with E-state index in [1.54, 1.807) is 42.6 Å². The summed E-state index contributed by atoms with van der Waals surface area (Å²) >= 11 is 0. The fraction of sp³-hybridized carbons (Fsp3) is 0.0714. The molecular formula is C28H22N2O5S. The minimum Gasteiger partial charge on any atom is -0.480 e. The van der Waals surface area contributed by atoms with E-state index in [2.05, 4.69) is 9.71 Å². The van der Waals surface area contributed by atoms with E-state index in [-0.39, 0.29) is 11.3 Å². The number of carboxylic acids is 1. The molecule has 0 radical (unpaired) electrons. The van der Waals surface area contributed by atoms with Gasteiger partial charge in [0.2, 0.25) is 15.9 Å². The molecule has 4 aromatic carbocycles. The highest BCUT2D eigenvalue weighted by atomic mass is 32.2. The van der Waals surface area contributed by atoms with Crippen molar-refractivity contribution < 1.29 is 22.7 Å². The van der Waals surface area contributed by atoms with Gasteiger partial charge in [0.1, 0.15) is 6.04 Å². The molecule has 0 bridgehead atoms. The quantitative estimate of drug-likeness (QED) is 0.307. The Morgan fingerprint density at radius 1 is 0.861 bits per heavy atom. The van der Waals surface area contributed by atoms with Crippen molar-refractivity contribution in [3.05, 3.63) is 109 Å². The third kappa shape index (κ3) is 5.05. The molecule has 0 amide bonds. The minimum absolute atomic E-state index is 0.0291. The average molecular weight is 499 g/mol.